The molecule has 0 aliphatic carbocycles. The van der Waals surface area contributed by atoms with Crippen molar-refractivity contribution in [2.24, 2.45) is 5.41 Å². The Hall–Kier alpha value is -3.03. The minimum atomic E-state index is -0.554. The lowest BCUT2D eigenvalue weighted by Crippen LogP contribution is -2.42. The van der Waals surface area contributed by atoms with Gasteiger partial charge in [0, 0.05) is 37.0 Å². The van der Waals surface area contributed by atoms with Gasteiger partial charge in [-0.1, -0.05) is 20.8 Å². The van der Waals surface area contributed by atoms with Gasteiger partial charge < -0.3 is 24.7 Å². The molecule has 0 saturated carbocycles. The molecule has 2 N–H and O–H groups in total. The lowest BCUT2D eigenvalue weighted by atomic mass is 9.91. The van der Waals surface area contributed by atoms with Crippen LogP contribution in [0.4, 0.5) is 4.79 Å². The van der Waals surface area contributed by atoms with Crippen LogP contribution in [-0.2, 0) is 17.6 Å². The third-order valence-electron chi connectivity index (χ3n) is 6.36. The van der Waals surface area contributed by atoms with Gasteiger partial charge in [0.25, 0.3) is 5.91 Å². The first-order chi connectivity index (χ1) is 16.0. The number of aromatic nitrogens is 2. The highest BCUT2D eigenvalue weighted by Crippen LogP contribution is 2.38. The van der Waals surface area contributed by atoms with E-state index in [9.17, 15) is 9.59 Å². The SMILES string of the molecule is CCc1c(-c2ccncc2OC[C@@H]2CC(C)(C)CN2C(=O)OC(C)(C)C)[nH]c2c1C(=O)NCC2. The number of hydrogen-bond donors (Lipinski definition) is 2. The van der Waals surface area contributed by atoms with Crippen molar-refractivity contribution in [2.75, 3.05) is 19.7 Å². The first kappa shape index (κ1) is 24.1. The van der Waals surface area contributed by atoms with E-state index in [1.54, 1.807) is 17.3 Å². The van der Waals surface area contributed by atoms with Crippen molar-refractivity contribution >= 4 is 12.0 Å². The van der Waals surface area contributed by atoms with Crippen molar-refractivity contribution in [1.29, 1.82) is 0 Å². The molecule has 1 saturated heterocycles. The van der Waals surface area contributed by atoms with E-state index in [0.29, 0.717) is 25.4 Å². The van der Waals surface area contributed by atoms with Crippen LogP contribution < -0.4 is 10.1 Å². The molecule has 0 bridgehead atoms. The van der Waals surface area contributed by atoms with Gasteiger partial charge in [-0.15, -0.1) is 0 Å². The van der Waals surface area contributed by atoms with Gasteiger partial charge in [-0.2, -0.15) is 0 Å². The van der Waals surface area contributed by atoms with E-state index in [1.165, 1.54) is 0 Å². The summed E-state index contributed by atoms with van der Waals surface area (Å²) in [6.45, 7) is 13.6. The summed E-state index contributed by atoms with van der Waals surface area (Å²) in [6, 6.07) is 1.81. The highest BCUT2D eigenvalue weighted by molar-refractivity contribution is 6.00. The number of aromatic amines is 1. The fourth-order valence-corrected chi connectivity index (χ4v) is 5.00. The fourth-order valence-electron chi connectivity index (χ4n) is 5.00. The summed E-state index contributed by atoms with van der Waals surface area (Å²) in [6.07, 6.45) is 5.44. The number of nitrogens with zero attached hydrogens (tertiary/aromatic N) is 2. The molecule has 2 amide bonds. The van der Waals surface area contributed by atoms with E-state index in [1.807, 2.05) is 26.8 Å². The highest BCUT2D eigenvalue weighted by Gasteiger charge is 2.42. The molecule has 0 unspecified atom stereocenters. The molecule has 4 rings (SSSR count). The van der Waals surface area contributed by atoms with Gasteiger partial charge in [0.1, 0.15) is 18.0 Å². The minimum Gasteiger partial charge on any atom is -0.489 e. The number of carbonyl (C=O) groups excluding carboxylic acids is 2. The Labute approximate surface area is 201 Å². The summed E-state index contributed by atoms with van der Waals surface area (Å²) in [5.74, 6) is 0.600. The van der Waals surface area contributed by atoms with Crippen molar-refractivity contribution in [3.63, 3.8) is 0 Å². The molecule has 2 aliphatic heterocycles. The first-order valence-corrected chi connectivity index (χ1v) is 12.1. The van der Waals surface area contributed by atoms with Crippen LogP contribution >= 0.6 is 0 Å². The van der Waals surface area contributed by atoms with E-state index in [0.717, 1.165) is 47.3 Å². The van der Waals surface area contributed by atoms with Crippen LogP contribution in [0, 0.1) is 5.41 Å². The Bertz CT molecular complexity index is 1080. The average Bonchev–Trinajstić information content (AvgIpc) is 3.28. The number of amides is 2. The summed E-state index contributed by atoms with van der Waals surface area (Å²) in [4.78, 5) is 35.0. The van der Waals surface area contributed by atoms with Crippen molar-refractivity contribution in [3.05, 3.63) is 35.3 Å². The van der Waals surface area contributed by atoms with Gasteiger partial charge >= 0.3 is 6.09 Å². The number of ether oxygens (including phenoxy) is 2. The number of pyridine rings is 1. The third-order valence-corrected chi connectivity index (χ3v) is 6.36. The van der Waals surface area contributed by atoms with Crippen molar-refractivity contribution in [3.8, 4) is 17.0 Å². The normalized spacial score (nSPS) is 19.5. The molecular weight excluding hydrogens is 432 g/mol. The van der Waals surface area contributed by atoms with Crippen LogP contribution in [0.5, 0.6) is 5.75 Å². The van der Waals surface area contributed by atoms with E-state index < -0.39 is 5.60 Å². The quantitative estimate of drug-likeness (QED) is 0.681. The predicted octanol–water partition coefficient (Wildman–Crippen LogP) is 4.34. The molecule has 2 aromatic rings. The second kappa shape index (κ2) is 8.96. The zero-order valence-electron chi connectivity index (χ0n) is 21.1. The summed E-state index contributed by atoms with van der Waals surface area (Å²) in [5.41, 5.74) is 3.89. The molecule has 34 heavy (non-hydrogen) atoms. The van der Waals surface area contributed by atoms with Crippen LogP contribution in [0.1, 0.15) is 69.6 Å². The highest BCUT2D eigenvalue weighted by atomic mass is 16.6. The topological polar surface area (TPSA) is 96.5 Å². The molecule has 0 aromatic carbocycles. The molecule has 4 heterocycles. The van der Waals surface area contributed by atoms with Gasteiger partial charge in [0.15, 0.2) is 0 Å². The summed E-state index contributed by atoms with van der Waals surface area (Å²) in [7, 11) is 0. The van der Waals surface area contributed by atoms with Gasteiger partial charge in [-0.3, -0.25) is 9.78 Å². The van der Waals surface area contributed by atoms with Crippen LogP contribution in [0.2, 0.25) is 0 Å². The first-order valence-electron chi connectivity index (χ1n) is 12.1. The number of nitrogens with one attached hydrogen (secondary N) is 2. The van der Waals surface area contributed by atoms with E-state index in [-0.39, 0.29) is 23.5 Å². The molecule has 2 aromatic heterocycles. The Kier molecular flexibility index (Phi) is 6.36. The third kappa shape index (κ3) is 4.91. The second-order valence-electron chi connectivity index (χ2n) is 11.0. The predicted molar refractivity (Wildman–Crippen MR) is 130 cm³/mol. The minimum absolute atomic E-state index is 0.0239. The largest absolute Gasteiger partial charge is 0.489 e. The van der Waals surface area contributed by atoms with Gasteiger partial charge in [-0.25, -0.2) is 4.79 Å². The number of H-pyrrole nitrogens is 1. The number of likely N-dealkylation sites (tertiary alicyclic amines) is 1. The summed E-state index contributed by atoms with van der Waals surface area (Å²) < 4.78 is 12.0. The van der Waals surface area contributed by atoms with Gasteiger partial charge in [0.05, 0.1) is 23.5 Å². The monoisotopic (exact) mass is 468 g/mol. The lowest BCUT2D eigenvalue weighted by molar-refractivity contribution is 0.0177. The Morgan fingerprint density at radius 2 is 2.09 bits per heavy atom. The molecule has 184 valence electrons. The number of carbonyl (C=O) groups is 2. The van der Waals surface area contributed by atoms with Gasteiger partial charge in [-0.05, 0) is 50.7 Å². The van der Waals surface area contributed by atoms with Crippen molar-refractivity contribution in [1.82, 2.24) is 20.2 Å². The Morgan fingerprint density at radius 3 is 2.79 bits per heavy atom. The lowest BCUT2D eigenvalue weighted by Gasteiger charge is -2.29. The van der Waals surface area contributed by atoms with E-state index in [4.69, 9.17) is 9.47 Å². The molecule has 8 nitrogen and oxygen atoms in total. The van der Waals surface area contributed by atoms with Crippen LogP contribution in [0.25, 0.3) is 11.3 Å². The average molecular weight is 469 g/mol. The summed E-state index contributed by atoms with van der Waals surface area (Å²) >= 11 is 0. The standard InChI is InChI=1S/C26H36N4O4/c1-7-17-21-19(9-11-28-23(21)31)29-22(17)18-8-10-27-13-20(18)33-14-16-12-26(5,6)15-30(16)24(32)34-25(2,3)4/h8,10,13,16,29H,7,9,11-12,14-15H2,1-6H3,(H,28,31)/t16-/m0/s1. The number of fused-ring (bicyclic) bond motifs is 1. The Balaban J connectivity index is 1.59. The maximum absolute atomic E-state index is 12.9. The maximum atomic E-state index is 12.9. The van der Waals surface area contributed by atoms with Gasteiger partial charge in [0.2, 0.25) is 0 Å². The molecule has 8 heteroatoms. The number of hydrogen-bond acceptors (Lipinski definition) is 5. The van der Waals surface area contributed by atoms with E-state index in [2.05, 4.69) is 36.1 Å². The summed E-state index contributed by atoms with van der Waals surface area (Å²) in [5, 5.41) is 2.94. The molecule has 1 fully saturated rings. The molecule has 0 radical (unpaired) electrons. The number of rotatable bonds is 5. The Morgan fingerprint density at radius 1 is 1.32 bits per heavy atom. The molecule has 1 atom stereocenters. The van der Waals surface area contributed by atoms with E-state index >= 15 is 0 Å². The molecule has 2 aliphatic rings. The van der Waals surface area contributed by atoms with Crippen molar-refractivity contribution in [2.45, 2.75) is 72.4 Å². The van der Waals surface area contributed by atoms with Crippen LogP contribution in [0.3, 0.4) is 0 Å². The zero-order valence-corrected chi connectivity index (χ0v) is 21.1. The maximum Gasteiger partial charge on any atom is 0.410 e. The fraction of sp³-hybridized carbons (Fsp3) is 0.577. The molecule has 0 spiro atoms. The zero-order chi connectivity index (χ0) is 24.7. The molecular formula is C26H36N4O4. The smallest absolute Gasteiger partial charge is 0.410 e. The second-order valence-corrected chi connectivity index (χ2v) is 11.0. The van der Waals surface area contributed by atoms with Crippen molar-refractivity contribution < 1.29 is 19.1 Å². The van der Waals surface area contributed by atoms with Crippen LogP contribution in [0.15, 0.2) is 18.5 Å². The van der Waals surface area contributed by atoms with Crippen LogP contribution in [-0.4, -0.2) is 58.2 Å².